The van der Waals surface area contributed by atoms with Crippen molar-refractivity contribution in [2.45, 2.75) is 37.3 Å². The van der Waals surface area contributed by atoms with Gasteiger partial charge in [-0.1, -0.05) is 23.4 Å². The summed E-state index contributed by atoms with van der Waals surface area (Å²) in [4.78, 5) is 0. The van der Waals surface area contributed by atoms with Crippen molar-refractivity contribution in [1.29, 1.82) is 0 Å². The molecule has 0 bridgehead atoms. The Bertz CT molecular complexity index is 600. The molecule has 0 amide bonds. The maximum Gasteiger partial charge on any atom is 0.191 e. The zero-order valence-electron chi connectivity index (χ0n) is 11.3. The average Bonchev–Trinajstić information content (AvgIpc) is 2.83. The third kappa shape index (κ3) is 3.31. The van der Waals surface area contributed by atoms with Crippen LogP contribution in [0.5, 0.6) is 0 Å². The molecule has 0 saturated carbocycles. The summed E-state index contributed by atoms with van der Waals surface area (Å²) in [6, 6.07) is 4.56. The van der Waals surface area contributed by atoms with E-state index in [0.717, 1.165) is 16.5 Å². The Morgan fingerprint density at radius 2 is 2.15 bits per heavy atom. The molecule has 4 nitrogen and oxygen atoms in total. The number of nitrogens with two attached hydrogens (primary N) is 1. The number of benzene rings is 1. The quantitative estimate of drug-likeness (QED) is 0.859. The van der Waals surface area contributed by atoms with Crippen molar-refractivity contribution in [3.63, 3.8) is 0 Å². The maximum absolute atomic E-state index is 13.2. The number of aromatic nitrogens is 3. The van der Waals surface area contributed by atoms with Crippen LogP contribution in [0.25, 0.3) is 0 Å². The molecule has 1 heterocycles. The molecule has 0 aliphatic rings. The smallest absolute Gasteiger partial charge is 0.191 e. The molecule has 1 aromatic heterocycles. The summed E-state index contributed by atoms with van der Waals surface area (Å²) < 4.78 is 15.2. The molecule has 0 unspecified atom stereocenters. The van der Waals surface area contributed by atoms with Gasteiger partial charge >= 0.3 is 0 Å². The van der Waals surface area contributed by atoms with Crippen LogP contribution in [0.15, 0.2) is 23.4 Å². The van der Waals surface area contributed by atoms with Crippen molar-refractivity contribution in [3.05, 3.63) is 40.4 Å². The number of thioether (sulfide) groups is 1. The van der Waals surface area contributed by atoms with Crippen LogP contribution in [0, 0.1) is 5.82 Å². The third-order valence-electron chi connectivity index (χ3n) is 2.80. The van der Waals surface area contributed by atoms with Gasteiger partial charge in [0.05, 0.1) is 6.54 Å². The zero-order valence-corrected chi connectivity index (χ0v) is 12.9. The van der Waals surface area contributed by atoms with E-state index in [4.69, 9.17) is 17.3 Å². The van der Waals surface area contributed by atoms with Crippen LogP contribution in [-0.2, 0) is 12.3 Å². The Morgan fingerprint density at radius 1 is 1.40 bits per heavy atom. The molecular weight excluding hydrogens is 299 g/mol. The Kier molecular flexibility index (Phi) is 5.01. The normalized spacial score (nSPS) is 11.3. The van der Waals surface area contributed by atoms with Crippen LogP contribution in [-0.4, -0.2) is 14.8 Å². The fraction of sp³-hybridized carbons (Fsp3) is 0.385. The predicted octanol–water partition coefficient (Wildman–Crippen LogP) is 3.40. The molecule has 0 saturated heterocycles. The number of rotatable bonds is 5. The summed E-state index contributed by atoms with van der Waals surface area (Å²) in [5.41, 5.74) is 6.39. The van der Waals surface area contributed by atoms with Gasteiger partial charge in [0.1, 0.15) is 11.6 Å². The average molecular weight is 315 g/mol. The van der Waals surface area contributed by atoms with Gasteiger partial charge < -0.3 is 10.3 Å². The van der Waals surface area contributed by atoms with Gasteiger partial charge in [-0.15, -0.1) is 10.2 Å². The minimum atomic E-state index is -0.294. The van der Waals surface area contributed by atoms with Gasteiger partial charge in [-0.3, -0.25) is 0 Å². The van der Waals surface area contributed by atoms with E-state index in [9.17, 15) is 4.39 Å². The Balaban J connectivity index is 2.19. The summed E-state index contributed by atoms with van der Waals surface area (Å²) in [5, 5.41) is 9.52. The summed E-state index contributed by atoms with van der Waals surface area (Å²) in [6.07, 6.45) is 0. The molecule has 20 heavy (non-hydrogen) atoms. The van der Waals surface area contributed by atoms with Crippen molar-refractivity contribution in [1.82, 2.24) is 14.8 Å². The highest BCUT2D eigenvalue weighted by Crippen LogP contribution is 2.28. The van der Waals surface area contributed by atoms with Gasteiger partial charge in [0.2, 0.25) is 0 Å². The van der Waals surface area contributed by atoms with Gasteiger partial charge in [0.25, 0.3) is 0 Å². The molecule has 1 aromatic carbocycles. The summed E-state index contributed by atoms with van der Waals surface area (Å²) in [6.45, 7) is 4.43. The lowest BCUT2D eigenvalue weighted by Crippen LogP contribution is -2.11. The first-order valence-electron chi connectivity index (χ1n) is 6.23. The highest BCUT2D eigenvalue weighted by atomic mass is 35.5. The highest BCUT2D eigenvalue weighted by molar-refractivity contribution is 7.98. The predicted molar refractivity (Wildman–Crippen MR) is 79.3 cm³/mol. The lowest BCUT2D eigenvalue weighted by atomic mass is 10.2. The summed E-state index contributed by atoms with van der Waals surface area (Å²) in [7, 11) is 0. The Morgan fingerprint density at radius 3 is 2.80 bits per heavy atom. The van der Waals surface area contributed by atoms with Crippen molar-refractivity contribution in [2.24, 2.45) is 5.73 Å². The van der Waals surface area contributed by atoms with E-state index >= 15 is 0 Å². The Hall–Kier alpha value is -1.11. The van der Waals surface area contributed by atoms with E-state index < -0.39 is 0 Å². The molecular formula is C13H16ClFN4S. The fourth-order valence-electron chi connectivity index (χ4n) is 1.86. The van der Waals surface area contributed by atoms with Crippen LogP contribution < -0.4 is 5.73 Å². The molecule has 2 rings (SSSR count). The van der Waals surface area contributed by atoms with Crippen LogP contribution in [0.3, 0.4) is 0 Å². The van der Waals surface area contributed by atoms with Crippen LogP contribution >= 0.6 is 23.4 Å². The van der Waals surface area contributed by atoms with Crippen LogP contribution in [0.4, 0.5) is 4.39 Å². The maximum atomic E-state index is 13.2. The molecule has 0 fully saturated rings. The van der Waals surface area contributed by atoms with Crippen LogP contribution in [0.2, 0.25) is 5.02 Å². The third-order valence-corrected chi connectivity index (χ3v) is 4.16. The largest absolute Gasteiger partial charge is 0.324 e. The van der Waals surface area contributed by atoms with E-state index in [0.29, 0.717) is 17.3 Å². The van der Waals surface area contributed by atoms with E-state index in [-0.39, 0.29) is 11.9 Å². The second-order valence-electron chi connectivity index (χ2n) is 4.59. The molecule has 2 N–H and O–H groups in total. The number of hydrogen-bond acceptors (Lipinski definition) is 4. The molecule has 0 aliphatic heterocycles. The number of halogens is 2. The second-order valence-corrected chi connectivity index (χ2v) is 5.94. The van der Waals surface area contributed by atoms with Gasteiger partial charge in [0.15, 0.2) is 5.16 Å². The van der Waals surface area contributed by atoms with Gasteiger partial charge in [-0.2, -0.15) is 0 Å². The van der Waals surface area contributed by atoms with Crippen LogP contribution in [0.1, 0.15) is 31.3 Å². The molecule has 7 heteroatoms. The van der Waals surface area contributed by atoms with Gasteiger partial charge in [-0.05, 0) is 37.6 Å². The SMILES string of the molecule is CC(C)n1c(CN)nnc1SCc1cc(F)ccc1Cl. The minimum Gasteiger partial charge on any atom is -0.324 e. The highest BCUT2D eigenvalue weighted by Gasteiger charge is 2.14. The first kappa shape index (κ1) is 15.3. The van der Waals surface area contributed by atoms with E-state index in [2.05, 4.69) is 10.2 Å². The Labute approximate surface area is 126 Å². The first-order valence-corrected chi connectivity index (χ1v) is 7.60. The topological polar surface area (TPSA) is 56.7 Å². The van der Waals surface area contributed by atoms with E-state index in [1.54, 1.807) is 6.07 Å². The number of hydrogen-bond donors (Lipinski definition) is 1. The second kappa shape index (κ2) is 6.56. The fourth-order valence-corrected chi connectivity index (χ4v) is 3.20. The van der Waals surface area contributed by atoms with Crippen molar-refractivity contribution in [3.8, 4) is 0 Å². The molecule has 0 radical (unpaired) electrons. The molecule has 0 aliphatic carbocycles. The van der Waals surface area contributed by atoms with Crippen molar-refractivity contribution < 1.29 is 4.39 Å². The monoisotopic (exact) mass is 314 g/mol. The van der Waals surface area contributed by atoms with Gasteiger partial charge in [-0.25, -0.2) is 4.39 Å². The van der Waals surface area contributed by atoms with E-state index in [1.165, 1.54) is 23.9 Å². The lowest BCUT2D eigenvalue weighted by molar-refractivity contribution is 0.526. The zero-order chi connectivity index (χ0) is 14.7. The molecule has 108 valence electrons. The molecule has 0 spiro atoms. The number of nitrogens with zero attached hydrogens (tertiary/aromatic N) is 3. The standard InChI is InChI=1S/C13H16ClFN4S/c1-8(2)19-12(6-16)17-18-13(19)20-7-9-5-10(15)3-4-11(9)14/h3-5,8H,6-7,16H2,1-2H3. The first-order chi connectivity index (χ1) is 9.52. The van der Waals surface area contributed by atoms with Gasteiger partial charge in [0, 0.05) is 16.8 Å². The lowest BCUT2D eigenvalue weighted by Gasteiger charge is -2.13. The minimum absolute atomic E-state index is 0.217. The van der Waals surface area contributed by atoms with Crippen molar-refractivity contribution >= 4 is 23.4 Å². The summed E-state index contributed by atoms with van der Waals surface area (Å²) in [5.74, 6) is 0.984. The van der Waals surface area contributed by atoms with Crippen molar-refractivity contribution in [2.75, 3.05) is 0 Å². The molecule has 2 aromatic rings. The molecule has 0 atom stereocenters. The van der Waals surface area contributed by atoms with E-state index in [1.807, 2.05) is 18.4 Å². The summed E-state index contributed by atoms with van der Waals surface area (Å²) >= 11 is 7.52.